The van der Waals surface area contributed by atoms with Crippen LogP contribution in [0.3, 0.4) is 0 Å². The van der Waals surface area contributed by atoms with Crippen molar-refractivity contribution in [3.63, 3.8) is 0 Å². The number of nitrogens with zero attached hydrogens (tertiary/aromatic N) is 2. The van der Waals surface area contributed by atoms with Crippen molar-refractivity contribution in [3.8, 4) is 17.2 Å². The lowest BCUT2D eigenvalue weighted by atomic mass is 9.96. The van der Waals surface area contributed by atoms with Crippen molar-refractivity contribution in [2.24, 2.45) is 4.99 Å². The summed E-state index contributed by atoms with van der Waals surface area (Å²) in [5, 5.41) is 0. The molecule has 0 fully saturated rings. The van der Waals surface area contributed by atoms with Gasteiger partial charge in [0.2, 0.25) is 0 Å². The van der Waals surface area contributed by atoms with E-state index in [4.69, 9.17) is 18.9 Å². The Kier molecular flexibility index (Phi) is 10.2. The molecule has 2 atom stereocenters. The number of thiazole rings is 1. The smallest absolute Gasteiger partial charge is 0.338 e. The molecule has 1 aromatic heterocycles. The Hall–Kier alpha value is -4.63. The maximum Gasteiger partial charge on any atom is 0.338 e. The topological polar surface area (TPSA) is 88.4 Å². The number of esters is 1. The summed E-state index contributed by atoms with van der Waals surface area (Å²) < 4.78 is 24.5. The van der Waals surface area contributed by atoms with Crippen molar-refractivity contribution < 1.29 is 23.7 Å². The molecular formula is C36H38N2O6S. The molecule has 2 heterocycles. The highest BCUT2D eigenvalue weighted by atomic mass is 32.1. The number of carbonyl (C=O) groups is 1. The lowest BCUT2D eigenvalue weighted by Gasteiger charge is -2.24. The minimum Gasteiger partial charge on any atom is -0.497 e. The second kappa shape index (κ2) is 14.4. The van der Waals surface area contributed by atoms with Crippen LogP contribution in [0.2, 0.25) is 0 Å². The van der Waals surface area contributed by atoms with Crippen molar-refractivity contribution >= 4 is 23.4 Å². The molecule has 8 nitrogen and oxygen atoms in total. The number of hydrogen-bond donors (Lipinski definition) is 0. The van der Waals surface area contributed by atoms with Gasteiger partial charge in [-0.3, -0.25) is 9.36 Å². The Labute approximate surface area is 266 Å². The van der Waals surface area contributed by atoms with Crippen LogP contribution in [0, 0.1) is 0 Å². The Balaban J connectivity index is 1.32. The zero-order chi connectivity index (χ0) is 31.9. The number of carbonyl (C=O) groups excluding carboxylic acids is 1. The second-order valence-corrected chi connectivity index (χ2v) is 11.7. The van der Waals surface area contributed by atoms with E-state index in [9.17, 15) is 9.59 Å². The molecule has 4 aromatic rings. The largest absolute Gasteiger partial charge is 0.497 e. The molecule has 1 aliphatic heterocycles. The summed E-state index contributed by atoms with van der Waals surface area (Å²) in [6.45, 7) is 8.97. The Morgan fingerprint density at radius 1 is 0.933 bits per heavy atom. The fraction of sp³-hybridized carbons (Fsp3) is 0.306. The number of benzene rings is 3. The minimum atomic E-state index is -0.677. The quantitative estimate of drug-likeness (QED) is 0.146. The predicted molar refractivity (Wildman–Crippen MR) is 176 cm³/mol. The average molecular weight is 627 g/mol. The number of allylic oxidation sites excluding steroid dienone is 1. The van der Waals surface area contributed by atoms with Gasteiger partial charge in [0.05, 0.1) is 35.6 Å². The SMILES string of the molecule is CCOC(=O)C1=C(C)N=c2s/c(=C\c3ccc(OCCOc4ccc([C@@H](C)CC)cc4)cc3)c(=O)n2[C@H]1c1ccc(OC)cc1. The molecule has 0 radical (unpaired) electrons. The van der Waals surface area contributed by atoms with Crippen LogP contribution < -0.4 is 29.1 Å². The van der Waals surface area contributed by atoms with Crippen LogP contribution in [-0.4, -0.2) is 37.5 Å². The maximum atomic E-state index is 13.8. The van der Waals surface area contributed by atoms with Crippen molar-refractivity contribution in [1.82, 2.24) is 4.57 Å². The van der Waals surface area contributed by atoms with E-state index in [0.29, 0.717) is 51.2 Å². The molecule has 0 saturated heterocycles. The van der Waals surface area contributed by atoms with Gasteiger partial charge in [-0.2, -0.15) is 0 Å². The van der Waals surface area contributed by atoms with Gasteiger partial charge in [-0.1, -0.05) is 61.6 Å². The highest BCUT2D eigenvalue weighted by Gasteiger charge is 2.33. The van der Waals surface area contributed by atoms with E-state index in [1.54, 1.807) is 25.5 Å². The Morgan fingerprint density at radius 2 is 1.53 bits per heavy atom. The summed E-state index contributed by atoms with van der Waals surface area (Å²) in [6.07, 6.45) is 2.93. The number of methoxy groups -OCH3 is 1. The second-order valence-electron chi connectivity index (χ2n) is 10.7. The van der Waals surface area contributed by atoms with Gasteiger partial charge < -0.3 is 18.9 Å². The molecule has 45 heavy (non-hydrogen) atoms. The molecular weight excluding hydrogens is 588 g/mol. The van der Waals surface area contributed by atoms with Crippen LogP contribution in [0.1, 0.15) is 62.8 Å². The first-order valence-electron chi connectivity index (χ1n) is 15.1. The molecule has 0 amide bonds. The van der Waals surface area contributed by atoms with Gasteiger partial charge in [-0.25, -0.2) is 9.79 Å². The van der Waals surface area contributed by atoms with E-state index in [1.807, 2.05) is 66.7 Å². The standard InChI is InChI=1S/C36H38N2O6S/c1-6-23(3)26-10-18-30(19-11-26)44-21-20-43-29-14-8-25(9-15-29)22-31-34(39)38-33(27-12-16-28(41-5)17-13-27)32(35(40)42-7-2)24(4)37-36(38)45-31/h8-19,22-23,33H,6-7,20-21H2,1-5H3/b31-22-/t23-,33-/m0/s1. The summed E-state index contributed by atoms with van der Waals surface area (Å²) in [7, 11) is 1.59. The normalized spacial score (nSPS) is 15.2. The first kappa shape index (κ1) is 31.8. The summed E-state index contributed by atoms with van der Waals surface area (Å²) >= 11 is 1.29. The number of rotatable bonds is 12. The summed E-state index contributed by atoms with van der Waals surface area (Å²) in [4.78, 5) is 32.1. The van der Waals surface area contributed by atoms with Gasteiger partial charge in [-0.15, -0.1) is 0 Å². The number of fused-ring (bicyclic) bond motifs is 1. The third-order valence-corrected chi connectivity index (χ3v) is 8.79. The van der Waals surface area contributed by atoms with E-state index < -0.39 is 12.0 Å². The third kappa shape index (κ3) is 7.20. The molecule has 0 saturated carbocycles. The van der Waals surface area contributed by atoms with Crippen molar-refractivity contribution in [1.29, 1.82) is 0 Å². The van der Waals surface area contributed by atoms with Crippen LogP contribution in [0.25, 0.3) is 6.08 Å². The summed E-state index contributed by atoms with van der Waals surface area (Å²) in [5.41, 5.74) is 3.54. The molecule has 9 heteroatoms. The van der Waals surface area contributed by atoms with Crippen LogP contribution in [0.5, 0.6) is 17.2 Å². The first-order valence-corrected chi connectivity index (χ1v) is 15.9. The lowest BCUT2D eigenvalue weighted by Crippen LogP contribution is -2.39. The van der Waals surface area contributed by atoms with Gasteiger partial charge in [0.15, 0.2) is 4.80 Å². The molecule has 0 bridgehead atoms. The van der Waals surface area contributed by atoms with Crippen LogP contribution in [0.4, 0.5) is 0 Å². The van der Waals surface area contributed by atoms with Gasteiger partial charge in [-0.05, 0) is 85.4 Å². The zero-order valence-corrected chi connectivity index (χ0v) is 27.1. The van der Waals surface area contributed by atoms with E-state index in [1.165, 1.54) is 16.9 Å². The number of aromatic nitrogens is 1. The van der Waals surface area contributed by atoms with Gasteiger partial charge in [0.1, 0.15) is 30.5 Å². The van der Waals surface area contributed by atoms with E-state index >= 15 is 0 Å². The Bertz CT molecular complexity index is 1840. The molecule has 0 aliphatic carbocycles. The lowest BCUT2D eigenvalue weighted by molar-refractivity contribution is -0.139. The third-order valence-electron chi connectivity index (χ3n) is 7.81. The van der Waals surface area contributed by atoms with Gasteiger partial charge in [0, 0.05) is 0 Å². The average Bonchev–Trinajstić information content (AvgIpc) is 3.36. The van der Waals surface area contributed by atoms with Crippen LogP contribution in [0.15, 0.2) is 93.9 Å². The van der Waals surface area contributed by atoms with Crippen molar-refractivity contribution in [2.75, 3.05) is 26.9 Å². The van der Waals surface area contributed by atoms with Gasteiger partial charge in [0.25, 0.3) is 5.56 Å². The fourth-order valence-electron chi connectivity index (χ4n) is 5.15. The molecule has 1 aliphatic rings. The highest BCUT2D eigenvalue weighted by molar-refractivity contribution is 7.07. The molecule has 5 rings (SSSR count). The predicted octanol–water partition coefficient (Wildman–Crippen LogP) is 5.78. The van der Waals surface area contributed by atoms with E-state index in [-0.39, 0.29) is 12.2 Å². The van der Waals surface area contributed by atoms with E-state index in [0.717, 1.165) is 23.3 Å². The molecule has 234 valence electrons. The fourth-order valence-corrected chi connectivity index (χ4v) is 6.20. The highest BCUT2D eigenvalue weighted by Crippen LogP contribution is 2.31. The molecule has 0 N–H and O–H groups in total. The van der Waals surface area contributed by atoms with Crippen molar-refractivity contribution in [3.05, 3.63) is 120 Å². The zero-order valence-electron chi connectivity index (χ0n) is 26.2. The molecule has 0 unspecified atom stereocenters. The van der Waals surface area contributed by atoms with E-state index in [2.05, 4.69) is 31.0 Å². The number of hydrogen-bond acceptors (Lipinski definition) is 8. The monoisotopic (exact) mass is 626 g/mol. The van der Waals surface area contributed by atoms with Crippen LogP contribution >= 0.6 is 11.3 Å². The molecule has 3 aromatic carbocycles. The number of ether oxygens (including phenoxy) is 4. The summed E-state index contributed by atoms with van der Waals surface area (Å²) in [5.74, 6) is 2.24. The Morgan fingerprint density at radius 3 is 2.11 bits per heavy atom. The van der Waals surface area contributed by atoms with Crippen molar-refractivity contribution in [2.45, 2.75) is 46.1 Å². The van der Waals surface area contributed by atoms with Crippen LogP contribution in [-0.2, 0) is 9.53 Å². The first-order chi connectivity index (χ1) is 21.8. The maximum absolute atomic E-state index is 13.8. The molecule has 0 spiro atoms. The van der Waals surface area contributed by atoms with Gasteiger partial charge >= 0.3 is 5.97 Å². The summed E-state index contributed by atoms with van der Waals surface area (Å²) in [6, 6.07) is 22.4. The minimum absolute atomic E-state index is 0.217.